The van der Waals surface area contributed by atoms with Crippen LogP contribution in [0.2, 0.25) is 0 Å². The quantitative estimate of drug-likeness (QED) is 0.695. The summed E-state index contributed by atoms with van der Waals surface area (Å²) < 4.78 is 4.96. The van der Waals surface area contributed by atoms with Crippen molar-refractivity contribution in [1.82, 2.24) is 5.32 Å². The van der Waals surface area contributed by atoms with Gasteiger partial charge in [0.15, 0.2) is 0 Å². The smallest absolute Gasteiger partial charge is 0.250 e. The van der Waals surface area contributed by atoms with E-state index in [1.807, 2.05) is 11.8 Å². The molecule has 4 nitrogen and oxygen atoms in total. The van der Waals surface area contributed by atoms with E-state index in [0.29, 0.717) is 6.04 Å². The van der Waals surface area contributed by atoms with Crippen molar-refractivity contribution in [2.24, 2.45) is 5.73 Å². The maximum absolute atomic E-state index is 11.6. The summed E-state index contributed by atoms with van der Waals surface area (Å²) in [6, 6.07) is 0.313. The number of rotatable bonds is 4. The summed E-state index contributed by atoms with van der Waals surface area (Å²) >= 11 is 1.94. The fourth-order valence-corrected chi connectivity index (χ4v) is 2.55. The molecule has 0 radical (unpaired) electrons. The summed E-state index contributed by atoms with van der Waals surface area (Å²) in [5, 5.41) is 2.96. The molecule has 0 bridgehead atoms. The molecule has 1 atom stereocenters. The highest BCUT2D eigenvalue weighted by atomic mass is 32.2. The predicted molar refractivity (Wildman–Crippen MR) is 58.3 cm³/mol. The number of nitrogens with two attached hydrogens (primary N) is 1. The SMILES string of the molecule is COC(CN)C(=O)NC1CCSCC1. The van der Waals surface area contributed by atoms with Gasteiger partial charge in [-0.1, -0.05) is 0 Å². The molecule has 82 valence electrons. The van der Waals surface area contributed by atoms with Crippen molar-refractivity contribution in [2.75, 3.05) is 25.2 Å². The first kappa shape index (κ1) is 11.8. The number of hydrogen-bond donors (Lipinski definition) is 2. The van der Waals surface area contributed by atoms with Crippen LogP contribution in [-0.4, -0.2) is 43.2 Å². The molecule has 0 aliphatic carbocycles. The van der Waals surface area contributed by atoms with Gasteiger partial charge in [0.05, 0.1) is 0 Å². The molecule has 0 saturated carbocycles. The largest absolute Gasteiger partial charge is 0.370 e. The molecule has 14 heavy (non-hydrogen) atoms. The van der Waals surface area contributed by atoms with E-state index in [0.717, 1.165) is 24.3 Å². The Morgan fingerprint density at radius 2 is 2.29 bits per heavy atom. The third kappa shape index (κ3) is 3.48. The summed E-state index contributed by atoms with van der Waals surface area (Å²) in [5.41, 5.74) is 5.40. The summed E-state index contributed by atoms with van der Waals surface area (Å²) in [4.78, 5) is 11.6. The Hall–Kier alpha value is -0.260. The van der Waals surface area contributed by atoms with E-state index in [9.17, 15) is 4.79 Å². The monoisotopic (exact) mass is 218 g/mol. The van der Waals surface area contributed by atoms with Crippen LogP contribution in [0.25, 0.3) is 0 Å². The maximum atomic E-state index is 11.6. The van der Waals surface area contributed by atoms with Gasteiger partial charge in [0, 0.05) is 19.7 Å². The normalized spacial score (nSPS) is 20.4. The Bertz CT molecular complexity index is 180. The average molecular weight is 218 g/mol. The first-order valence-electron chi connectivity index (χ1n) is 4.89. The van der Waals surface area contributed by atoms with E-state index in [1.54, 1.807) is 0 Å². The molecule has 1 heterocycles. The molecule has 1 rings (SSSR count). The van der Waals surface area contributed by atoms with Crippen molar-refractivity contribution in [3.8, 4) is 0 Å². The van der Waals surface area contributed by atoms with Crippen LogP contribution in [-0.2, 0) is 9.53 Å². The van der Waals surface area contributed by atoms with Crippen molar-refractivity contribution in [2.45, 2.75) is 25.0 Å². The number of thioether (sulfide) groups is 1. The summed E-state index contributed by atoms with van der Waals surface area (Å²) in [6.45, 7) is 0.240. The second-order valence-electron chi connectivity index (χ2n) is 3.36. The fourth-order valence-electron chi connectivity index (χ4n) is 1.45. The van der Waals surface area contributed by atoms with E-state index in [-0.39, 0.29) is 12.5 Å². The standard InChI is InChI=1S/C9H18N2O2S/c1-13-8(6-10)9(12)11-7-2-4-14-5-3-7/h7-8H,2-6,10H2,1H3,(H,11,12). The lowest BCUT2D eigenvalue weighted by molar-refractivity contribution is -0.131. The van der Waals surface area contributed by atoms with E-state index >= 15 is 0 Å². The van der Waals surface area contributed by atoms with Crippen LogP contribution < -0.4 is 11.1 Å². The zero-order valence-corrected chi connectivity index (χ0v) is 9.31. The van der Waals surface area contributed by atoms with Crippen molar-refractivity contribution < 1.29 is 9.53 Å². The minimum absolute atomic E-state index is 0.0769. The Labute approximate surface area is 88.9 Å². The predicted octanol–water partition coefficient (Wildman–Crippen LogP) is -0.0281. The first-order valence-corrected chi connectivity index (χ1v) is 6.04. The Morgan fingerprint density at radius 3 is 2.79 bits per heavy atom. The Kier molecular flexibility index (Phi) is 5.29. The zero-order valence-electron chi connectivity index (χ0n) is 8.49. The van der Waals surface area contributed by atoms with Crippen LogP contribution in [0.5, 0.6) is 0 Å². The Balaban J connectivity index is 2.30. The lowest BCUT2D eigenvalue weighted by Gasteiger charge is -2.24. The van der Waals surface area contributed by atoms with E-state index in [1.165, 1.54) is 7.11 Å². The molecule has 1 amide bonds. The van der Waals surface area contributed by atoms with Crippen molar-refractivity contribution in [3.05, 3.63) is 0 Å². The van der Waals surface area contributed by atoms with Gasteiger partial charge in [-0.15, -0.1) is 0 Å². The van der Waals surface area contributed by atoms with Gasteiger partial charge in [-0.25, -0.2) is 0 Å². The number of carbonyl (C=O) groups is 1. The van der Waals surface area contributed by atoms with Crippen LogP contribution >= 0.6 is 11.8 Å². The molecule has 0 spiro atoms. The molecule has 0 aromatic carbocycles. The second-order valence-corrected chi connectivity index (χ2v) is 4.58. The third-order valence-corrected chi connectivity index (χ3v) is 3.41. The average Bonchev–Trinajstić information content (AvgIpc) is 2.21. The molecule has 1 fully saturated rings. The fraction of sp³-hybridized carbons (Fsp3) is 0.889. The van der Waals surface area contributed by atoms with Crippen LogP contribution in [0.15, 0.2) is 0 Å². The van der Waals surface area contributed by atoms with Gasteiger partial charge >= 0.3 is 0 Å². The highest BCUT2D eigenvalue weighted by molar-refractivity contribution is 7.99. The second kappa shape index (κ2) is 6.27. The van der Waals surface area contributed by atoms with Crippen LogP contribution in [0.4, 0.5) is 0 Å². The van der Waals surface area contributed by atoms with Gasteiger partial charge in [-0.05, 0) is 24.3 Å². The Morgan fingerprint density at radius 1 is 1.64 bits per heavy atom. The number of methoxy groups -OCH3 is 1. The lowest BCUT2D eigenvalue weighted by Crippen LogP contribution is -2.46. The van der Waals surface area contributed by atoms with Gasteiger partial charge < -0.3 is 15.8 Å². The van der Waals surface area contributed by atoms with Crippen LogP contribution in [0.1, 0.15) is 12.8 Å². The molecule has 0 aromatic heterocycles. The van der Waals surface area contributed by atoms with E-state index in [2.05, 4.69) is 5.32 Å². The number of nitrogens with one attached hydrogen (secondary N) is 1. The number of carbonyl (C=O) groups excluding carboxylic acids is 1. The van der Waals surface area contributed by atoms with E-state index in [4.69, 9.17) is 10.5 Å². The minimum Gasteiger partial charge on any atom is -0.370 e. The number of hydrogen-bond acceptors (Lipinski definition) is 4. The summed E-state index contributed by atoms with van der Waals surface area (Å²) in [5.74, 6) is 2.18. The van der Waals surface area contributed by atoms with Crippen molar-refractivity contribution >= 4 is 17.7 Å². The topological polar surface area (TPSA) is 64.3 Å². The van der Waals surface area contributed by atoms with Crippen molar-refractivity contribution in [1.29, 1.82) is 0 Å². The molecule has 1 aliphatic rings. The van der Waals surface area contributed by atoms with Gasteiger partial charge in [-0.3, -0.25) is 4.79 Å². The minimum atomic E-state index is -0.496. The van der Waals surface area contributed by atoms with Gasteiger partial charge in [-0.2, -0.15) is 11.8 Å². The molecule has 5 heteroatoms. The van der Waals surface area contributed by atoms with Gasteiger partial charge in [0.2, 0.25) is 0 Å². The van der Waals surface area contributed by atoms with Gasteiger partial charge in [0.1, 0.15) is 6.10 Å². The lowest BCUT2D eigenvalue weighted by atomic mass is 10.1. The highest BCUT2D eigenvalue weighted by Crippen LogP contribution is 2.16. The molecule has 1 aliphatic heterocycles. The molecular formula is C9H18N2O2S. The van der Waals surface area contributed by atoms with E-state index < -0.39 is 6.10 Å². The number of ether oxygens (including phenoxy) is 1. The number of amides is 1. The molecule has 1 unspecified atom stereocenters. The highest BCUT2D eigenvalue weighted by Gasteiger charge is 2.21. The summed E-state index contributed by atoms with van der Waals surface area (Å²) in [7, 11) is 1.51. The maximum Gasteiger partial charge on any atom is 0.250 e. The van der Waals surface area contributed by atoms with Crippen molar-refractivity contribution in [3.63, 3.8) is 0 Å². The van der Waals surface area contributed by atoms with Crippen LogP contribution in [0, 0.1) is 0 Å². The molecular weight excluding hydrogens is 200 g/mol. The van der Waals surface area contributed by atoms with Gasteiger partial charge in [0.25, 0.3) is 5.91 Å². The zero-order chi connectivity index (χ0) is 10.4. The molecule has 0 aromatic rings. The summed E-state index contributed by atoms with van der Waals surface area (Å²) in [6.07, 6.45) is 1.61. The molecule has 3 N–H and O–H groups in total. The first-order chi connectivity index (χ1) is 6.77. The third-order valence-electron chi connectivity index (χ3n) is 2.36. The molecule has 1 saturated heterocycles. The van der Waals surface area contributed by atoms with Crippen LogP contribution in [0.3, 0.4) is 0 Å².